The molecule has 110 valence electrons. The molecule has 2 aromatic rings. The predicted octanol–water partition coefficient (Wildman–Crippen LogP) is 3.67. The van der Waals surface area contributed by atoms with Gasteiger partial charge in [-0.05, 0) is 35.1 Å². The molecule has 3 rings (SSSR count). The quantitative estimate of drug-likeness (QED) is 0.915. The van der Waals surface area contributed by atoms with Crippen molar-refractivity contribution in [2.24, 2.45) is 0 Å². The minimum absolute atomic E-state index is 0.272. The average Bonchev–Trinajstić information content (AvgIpc) is 2.52. The molecule has 1 aliphatic rings. The first-order valence-electron chi connectivity index (χ1n) is 6.72. The third-order valence-corrected chi connectivity index (χ3v) is 4.10. The molecule has 2 aromatic carbocycles. The number of benzene rings is 2. The Labute approximate surface area is 131 Å². The maximum Gasteiger partial charge on any atom is 0.166 e. The smallest absolute Gasteiger partial charge is 0.166 e. The molecule has 3 nitrogen and oxygen atoms in total. The standard InChI is InChI=1S/C16H15BrFNO2/c1-19-15(10-4-2-6-12(17)14(10)18)11-5-3-7-13-16(11)21-9-8-20-13/h2-7,15,19H,8-9H2,1H3. The van der Waals surface area contributed by atoms with Gasteiger partial charge >= 0.3 is 0 Å². The van der Waals surface area contributed by atoms with E-state index in [0.717, 1.165) is 5.56 Å². The first-order chi connectivity index (χ1) is 10.2. The van der Waals surface area contributed by atoms with Crippen LogP contribution in [0.25, 0.3) is 0 Å². The molecular formula is C16H15BrFNO2. The van der Waals surface area contributed by atoms with Crippen molar-refractivity contribution in [1.82, 2.24) is 5.32 Å². The Kier molecular flexibility index (Phi) is 4.12. The highest BCUT2D eigenvalue weighted by Crippen LogP contribution is 2.40. The molecule has 1 atom stereocenters. The van der Waals surface area contributed by atoms with Crippen LogP contribution < -0.4 is 14.8 Å². The summed E-state index contributed by atoms with van der Waals surface area (Å²) in [7, 11) is 1.80. The van der Waals surface area contributed by atoms with E-state index in [1.54, 1.807) is 19.2 Å². The lowest BCUT2D eigenvalue weighted by molar-refractivity contribution is 0.169. The highest BCUT2D eigenvalue weighted by atomic mass is 79.9. The largest absolute Gasteiger partial charge is 0.486 e. The van der Waals surface area contributed by atoms with Gasteiger partial charge in [0.05, 0.1) is 10.5 Å². The van der Waals surface area contributed by atoms with Gasteiger partial charge in [0.15, 0.2) is 11.5 Å². The van der Waals surface area contributed by atoms with E-state index in [-0.39, 0.29) is 11.9 Å². The van der Waals surface area contributed by atoms with Crippen LogP contribution in [0.5, 0.6) is 11.5 Å². The second-order valence-corrected chi connectivity index (χ2v) is 5.59. The molecule has 0 bridgehead atoms. The normalized spacial score (nSPS) is 14.8. The van der Waals surface area contributed by atoms with Crippen molar-refractivity contribution in [1.29, 1.82) is 0 Å². The summed E-state index contributed by atoms with van der Waals surface area (Å²) < 4.78 is 26.2. The minimum Gasteiger partial charge on any atom is -0.486 e. The van der Waals surface area contributed by atoms with Gasteiger partial charge in [-0.3, -0.25) is 0 Å². The lowest BCUT2D eigenvalue weighted by Gasteiger charge is -2.25. The molecule has 0 aliphatic carbocycles. The Morgan fingerprint density at radius 1 is 1.10 bits per heavy atom. The Balaban J connectivity index is 2.11. The number of hydrogen-bond acceptors (Lipinski definition) is 3. The van der Waals surface area contributed by atoms with Crippen molar-refractivity contribution in [3.05, 3.63) is 57.8 Å². The molecule has 1 N–H and O–H groups in total. The number of nitrogens with one attached hydrogen (secondary N) is 1. The van der Waals surface area contributed by atoms with Crippen LogP contribution in [0, 0.1) is 5.82 Å². The summed E-state index contributed by atoms with van der Waals surface area (Å²) in [4.78, 5) is 0. The van der Waals surface area contributed by atoms with Crippen molar-refractivity contribution in [3.63, 3.8) is 0 Å². The van der Waals surface area contributed by atoms with Crippen LogP contribution in [0.1, 0.15) is 17.2 Å². The van der Waals surface area contributed by atoms with Crippen LogP contribution in [-0.2, 0) is 0 Å². The summed E-state index contributed by atoms with van der Waals surface area (Å²) in [6, 6.07) is 10.6. The molecule has 0 aromatic heterocycles. The molecule has 0 spiro atoms. The summed E-state index contributed by atoms with van der Waals surface area (Å²) >= 11 is 3.23. The molecular weight excluding hydrogens is 337 g/mol. The van der Waals surface area contributed by atoms with E-state index < -0.39 is 0 Å². The minimum atomic E-state index is -0.306. The summed E-state index contributed by atoms with van der Waals surface area (Å²) in [6.45, 7) is 1.04. The fourth-order valence-electron chi connectivity index (χ4n) is 2.55. The SMILES string of the molecule is CNC(c1cccc(Br)c1F)c1cccc2c1OCCO2. The monoisotopic (exact) mass is 351 g/mol. The maximum atomic E-state index is 14.4. The first-order valence-corrected chi connectivity index (χ1v) is 7.51. The molecule has 0 saturated carbocycles. The topological polar surface area (TPSA) is 30.5 Å². The highest BCUT2D eigenvalue weighted by Gasteiger charge is 2.24. The fourth-order valence-corrected chi connectivity index (χ4v) is 2.93. The van der Waals surface area contributed by atoms with Crippen LogP contribution in [-0.4, -0.2) is 20.3 Å². The molecule has 1 unspecified atom stereocenters. The van der Waals surface area contributed by atoms with E-state index in [2.05, 4.69) is 21.2 Å². The van der Waals surface area contributed by atoms with Gasteiger partial charge in [-0.1, -0.05) is 24.3 Å². The van der Waals surface area contributed by atoms with E-state index in [9.17, 15) is 4.39 Å². The van der Waals surface area contributed by atoms with Gasteiger partial charge in [0.1, 0.15) is 19.0 Å². The summed E-state index contributed by atoms with van der Waals surface area (Å²) in [5, 5.41) is 3.16. The second-order valence-electron chi connectivity index (χ2n) is 4.74. The zero-order valence-corrected chi connectivity index (χ0v) is 13.1. The van der Waals surface area contributed by atoms with Gasteiger partial charge in [0, 0.05) is 11.1 Å². The van der Waals surface area contributed by atoms with E-state index >= 15 is 0 Å². The third-order valence-electron chi connectivity index (χ3n) is 3.49. The molecule has 5 heteroatoms. The third kappa shape index (κ3) is 2.63. The predicted molar refractivity (Wildman–Crippen MR) is 82.4 cm³/mol. The van der Waals surface area contributed by atoms with Gasteiger partial charge in [0.2, 0.25) is 0 Å². The number of para-hydroxylation sites is 1. The van der Waals surface area contributed by atoms with Crippen LogP contribution >= 0.6 is 15.9 Å². The van der Waals surface area contributed by atoms with Gasteiger partial charge in [-0.15, -0.1) is 0 Å². The van der Waals surface area contributed by atoms with Gasteiger partial charge in [-0.2, -0.15) is 0 Å². The molecule has 1 heterocycles. The Morgan fingerprint density at radius 2 is 1.81 bits per heavy atom. The van der Waals surface area contributed by atoms with E-state index in [4.69, 9.17) is 9.47 Å². The number of ether oxygens (including phenoxy) is 2. The van der Waals surface area contributed by atoms with Gasteiger partial charge < -0.3 is 14.8 Å². The average molecular weight is 352 g/mol. The van der Waals surface area contributed by atoms with Crippen LogP contribution in [0.15, 0.2) is 40.9 Å². The highest BCUT2D eigenvalue weighted by molar-refractivity contribution is 9.10. The summed E-state index contributed by atoms with van der Waals surface area (Å²) in [5.74, 6) is 1.11. The van der Waals surface area contributed by atoms with E-state index in [1.165, 1.54) is 0 Å². The molecule has 1 aliphatic heterocycles. The molecule has 0 radical (unpaired) electrons. The second kappa shape index (κ2) is 6.03. The fraction of sp³-hybridized carbons (Fsp3) is 0.250. The zero-order chi connectivity index (χ0) is 14.8. The number of fused-ring (bicyclic) bond motifs is 1. The Bertz CT molecular complexity index is 663. The van der Waals surface area contributed by atoms with Crippen molar-refractivity contribution in [2.75, 3.05) is 20.3 Å². The maximum absolute atomic E-state index is 14.4. The van der Waals surface area contributed by atoms with Gasteiger partial charge in [-0.25, -0.2) is 4.39 Å². The Hall–Kier alpha value is -1.59. The van der Waals surface area contributed by atoms with Crippen molar-refractivity contribution in [3.8, 4) is 11.5 Å². The van der Waals surface area contributed by atoms with Crippen molar-refractivity contribution >= 4 is 15.9 Å². The number of hydrogen-bond donors (Lipinski definition) is 1. The lowest BCUT2D eigenvalue weighted by atomic mass is 9.97. The molecule has 0 fully saturated rings. The Morgan fingerprint density at radius 3 is 2.62 bits per heavy atom. The molecule has 0 saturated heterocycles. The number of rotatable bonds is 3. The van der Waals surface area contributed by atoms with Crippen molar-refractivity contribution in [2.45, 2.75) is 6.04 Å². The zero-order valence-electron chi connectivity index (χ0n) is 11.5. The first kappa shape index (κ1) is 14.4. The molecule has 21 heavy (non-hydrogen) atoms. The van der Waals surface area contributed by atoms with Crippen LogP contribution in [0.2, 0.25) is 0 Å². The number of halogens is 2. The van der Waals surface area contributed by atoms with Gasteiger partial charge in [0.25, 0.3) is 0 Å². The summed E-state index contributed by atoms with van der Waals surface area (Å²) in [6.07, 6.45) is 0. The molecule has 0 amide bonds. The van der Waals surface area contributed by atoms with Crippen LogP contribution in [0.3, 0.4) is 0 Å². The van der Waals surface area contributed by atoms with E-state index in [1.807, 2.05) is 24.3 Å². The summed E-state index contributed by atoms with van der Waals surface area (Å²) in [5.41, 5.74) is 1.43. The lowest BCUT2D eigenvalue weighted by Crippen LogP contribution is -2.23. The van der Waals surface area contributed by atoms with Crippen molar-refractivity contribution < 1.29 is 13.9 Å². The van der Waals surface area contributed by atoms with E-state index in [0.29, 0.717) is 34.7 Å². The van der Waals surface area contributed by atoms with Crippen LogP contribution in [0.4, 0.5) is 4.39 Å².